The van der Waals surface area contributed by atoms with E-state index in [4.69, 9.17) is 11.6 Å². The van der Waals surface area contributed by atoms with Crippen molar-refractivity contribution < 1.29 is 23.9 Å². The second-order valence-electron chi connectivity index (χ2n) is 9.29. The van der Waals surface area contributed by atoms with Crippen LogP contribution in [0.4, 0.5) is 4.39 Å². The smallest absolute Gasteiger partial charge is 0.352 e. The first-order chi connectivity index (χ1) is 18.6. The molecule has 15 heteroatoms. The topological polar surface area (TPSA) is 134 Å². The molecule has 0 spiro atoms. The number of halogens is 2. The second kappa shape index (κ2) is 9.91. The summed E-state index contributed by atoms with van der Waals surface area (Å²) in [5, 5.41) is 20.6. The Morgan fingerprint density at radius 3 is 2.72 bits per heavy atom. The molecule has 2 N–H and O–H groups in total. The van der Waals surface area contributed by atoms with E-state index in [9.17, 15) is 28.7 Å². The number of pyridine rings is 1. The molecule has 2 aromatic heterocycles. The lowest BCUT2D eigenvalue weighted by Crippen LogP contribution is -2.70. The molecular formula is C24H19ClFN5O5S3. The first kappa shape index (κ1) is 26.3. The predicted octanol–water partition coefficient (Wildman–Crippen LogP) is 3.43. The van der Waals surface area contributed by atoms with Gasteiger partial charge in [0.1, 0.15) is 33.5 Å². The quantitative estimate of drug-likeness (QED) is 0.306. The Bertz CT molecular complexity index is 1670. The zero-order chi connectivity index (χ0) is 27.6. The molecular weight excluding hydrogens is 589 g/mol. The molecule has 4 heterocycles. The molecule has 10 nitrogen and oxygen atoms in total. The number of rotatable bonds is 7. The number of aryl methyl sites for hydroxylation is 1. The number of hydrogen-bond acceptors (Lipinski definition) is 9. The Morgan fingerprint density at radius 1 is 1.28 bits per heavy atom. The van der Waals surface area contributed by atoms with Crippen LogP contribution in [0.2, 0.25) is 5.02 Å². The summed E-state index contributed by atoms with van der Waals surface area (Å²) in [6, 6.07) is 1.44. The van der Waals surface area contributed by atoms with E-state index in [0.717, 1.165) is 23.9 Å². The molecule has 39 heavy (non-hydrogen) atoms. The minimum Gasteiger partial charge on any atom is -0.477 e. The molecule has 1 saturated heterocycles. The molecule has 0 bridgehead atoms. The average Bonchev–Trinajstić information content (AvgIpc) is 3.66. The Balaban J connectivity index is 1.25. The number of carboxylic acids is 1. The minimum absolute atomic E-state index is 0.0221. The van der Waals surface area contributed by atoms with Gasteiger partial charge in [0.15, 0.2) is 4.34 Å². The van der Waals surface area contributed by atoms with Crippen molar-refractivity contribution in [3.63, 3.8) is 0 Å². The van der Waals surface area contributed by atoms with E-state index in [0.29, 0.717) is 26.9 Å². The number of aliphatic carboxylic acids is 1. The number of carbonyl (C=O) groups excluding carboxylic acids is 2. The summed E-state index contributed by atoms with van der Waals surface area (Å²) in [6.07, 6.45) is 3.10. The lowest BCUT2D eigenvalue weighted by molar-refractivity contribution is -0.148. The van der Waals surface area contributed by atoms with Crippen LogP contribution >= 0.6 is 46.5 Å². The molecule has 3 aromatic rings. The summed E-state index contributed by atoms with van der Waals surface area (Å²) in [6.45, 7) is 1.82. The summed E-state index contributed by atoms with van der Waals surface area (Å²) >= 11 is 10.0. The standard InChI is InChI=1S/C24H19ClFN5O5S3/c1-9-28-29-24(39-9)38-8-10-7-37-22-17(21(34)31(22)18(10)23(35)36)27-20(33)13-6-30(11-2-3-11)16-5-14(25)15(26)4-12(16)19(13)32/h4-6,11,17,22H,2-3,7-8H2,1H3,(H,27,33)(H,35,36)/t17?,22-/m0/s1. The molecule has 1 saturated carbocycles. The highest BCUT2D eigenvalue weighted by atomic mass is 35.5. The first-order valence-electron chi connectivity index (χ1n) is 11.8. The van der Waals surface area contributed by atoms with E-state index < -0.39 is 40.4 Å². The summed E-state index contributed by atoms with van der Waals surface area (Å²) in [4.78, 5) is 52.8. The van der Waals surface area contributed by atoms with Crippen molar-refractivity contribution in [2.24, 2.45) is 0 Å². The van der Waals surface area contributed by atoms with E-state index >= 15 is 0 Å². The van der Waals surface area contributed by atoms with Gasteiger partial charge in [0.25, 0.3) is 11.8 Å². The van der Waals surface area contributed by atoms with Crippen LogP contribution in [0.3, 0.4) is 0 Å². The van der Waals surface area contributed by atoms with Gasteiger partial charge in [0.2, 0.25) is 5.43 Å². The van der Waals surface area contributed by atoms with E-state index in [1.54, 1.807) is 4.57 Å². The van der Waals surface area contributed by atoms with Gasteiger partial charge in [-0.25, -0.2) is 9.18 Å². The van der Waals surface area contributed by atoms with E-state index in [1.165, 1.54) is 52.0 Å². The Labute approximate surface area is 237 Å². The van der Waals surface area contributed by atoms with Crippen LogP contribution in [-0.4, -0.2) is 65.5 Å². The molecule has 202 valence electrons. The molecule has 1 aliphatic carbocycles. The van der Waals surface area contributed by atoms with Crippen molar-refractivity contribution in [2.75, 3.05) is 11.5 Å². The number of thioether (sulfide) groups is 2. The second-order valence-corrected chi connectivity index (χ2v) is 13.2. The lowest BCUT2D eigenvalue weighted by Gasteiger charge is -2.49. The number of benzene rings is 1. The molecule has 2 amide bonds. The van der Waals surface area contributed by atoms with Gasteiger partial charge in [-0.05, 0) is 37.5 Å². The third-order valence-corrected chi connectivity index (χ3v) is 10.4. The number of carboxylic acid groups (broad SMARTS) is 1. The third kappa shape index (κ3) is 4.62. The zero-order valence-electron chi connectivity index (χ0n) is 20.1. The van der Waals surface area contributed by atoms with Crippen LogP contribution in [0.25, 0.3) is 10.9 Å². The van der Waals surface area contributed by atoms with Gasteiger partial charge in [-0.3, -0.25) is 19.3 Å². The van der Waals surface area contributed by atoms with Gasteiger partial charge in [0.05, 0.1) is 10.5 Å². The SMILES string of the molecule is Cc1nnc(SCC2=C(C(=O)O)N3C(=O)C(NC(=O)c4cn(C5CC5)c5cc(Cl)c(F)cc5c4=O)[C@@H]3SC2)s1. The van der Waals surface area contributed by atoms with Crippen molar-refractivity contribution in [2.45, 2.75) is 41.6 Å². The number of carbonyl (C=O) groups is 3. The maximum absolute atomic E-state index is 14.2. The maximum Gasteiger partial charge on any atom is 0.352 e. The first-order valence-corrected chi connectivity index (χ1v) is 15.0. The molecule has 1 aromatic carbocycles. The molecule has 2 atom stereocenters. The highest BCUT2D eigenvalue weighted by Gasteiger charge is 2.54. The van der Waals surface area contributed by atoms with Crippen molar-refractivity contribution in [1.82, 2.24) is 25.0 Å². The summed E-state index contributed by atoms with van der Waals surface area (Å²) in [5.41, 5.74) is 0.0118. The molecule has 3 aliphatic rings. The van der Waals surface area contributed by atoms with Crippen LogP contribution in [0.15, 0.2) is 38.7 Å². The van der Waals surface area contributed by atoms with Gasteiger partial charge in [-0.15, -0.1) is 22.0 Å². The monoisotopic (exact) mass is 607 g/mol. The Kier molecular flexibility index (Phi) is 6.68. The molecule has 1 unspecified atom stereocenters. The number of aromatic nitrogens is 3. The van der Waals surface area contributed by atoms with Gasteiger partial charge >= 0.3 is 5.97 Å². The Morgan fingerprint density at radius 2 is 2.05 bits per heavy atom. The van der Waals surface area contributed by atoms with E-state index in [2.05, 4.69) is 15.5 Å². The molecule has 6 rings (SSSR count). The molecule has 0 radical (unpaired) electrons. The van der Waals surface area contributed by atoms with Gasteiger partial charge in [-0.1, -0.05) is 34.7 Å². The fourth-order valence-corrected chi connectivity index (χ4v) is 8.12. The minimum atomic E-state index is -1.23. The van der Waals surface area contributed by atoms with Gasteiger partial charge < -0.3 is 15.0 Å². The summed E-state index contributed by atoms with van der Waals surface area (Å²) in [7, 11) is 0. The van der Waals surface area contributed by atoms with Crippen LogP contribution < -0.4 is 10.7 Å². The van der Waals surface area contributed by atoms with Crippen LogP contribution in [0, 0.1) is 12.7 Å². The fourth-order valence-electron chi connectivity index (χ4n) is 4.66. The van der Waals surface area contributed by atoms with Crippen LogP contribution in [0.5, 0.6) is 0 Å². The zero-order valence-corrected chi connectivity index (χ0v) is 23.3. The van der Waals surface area contributed by atoms with Crippen LogP contribution in [-0.2, 0) is 9.59 Å². The number of amides is 2. The van der Waals surface area contributed by atoms with E-state index in [-0.39, 0.29) is 27.7 Å². The average molecular weight is 608 g/mol. The van der Waals surface area contributed by atoms with Crippen LogP contribution in [0.1, 0.15) is 34.2 Å². The van der Waals surface area contributed by atoms with Gasteiger partial charge in [-0.2, -0.15) is 0 Å². The number of hydrogen-bond donors (Lipinski definition) is 2. The largest absolute Gasteiger partial charge is 0.477 e. The number of fused-ring (bicyclic) bond motifs is 2. The van der Waals surface area contributed by atoms with Crippen molar-refractivity contribution in [1.29, 1.82) is 0 Å². The summed E-state index contributed by atoms with van der Waals surface area (Å²) < 4.78 is 16.7. The molecule has 2 fully saturated rings. The lowest BCUT2D eigenvalue weighted by atomic mass is 10.0. The highest BCUT2D eigenvalue weighted by molar-refractivity contribution is 8.01. The van der Waals surface area contributed by atoms with Crippen molar-refractivity contribution in [3.05, 3.63) is 61.2 Å². The number of nitrogens with one attached hydrogen (secondary N) is 1. The third-order valence-electron chi connectivity index (χ3n) is 6.67. The Hall–Kier alpha value is -2.94. The summed E-state index contributed by atoms with van der Waals surface area (Å²) in [5.74, 6) is -2.68. The molecule has 2 aliphatic heterocycles. The normalized spacial score (nSPS) is 20.7. The predicted molar refractivity (Wildman–Crippen MR) is 146 cm³/mol. The number of β-lactam (4-membered cyclic amide) rings is 1. The van der Waals surface area contributed by atoms with E-state index in [1.807, 2.05) is 6.92 Å². The fraction of sp³-hybridized carbons (Fsp3) is 0.333. The highest BCUT2D eigenvalue weighted by Crippen LogP contribution is 2.42. The van der Waals surface area contributed by atoms with Crippen molar-refractivity contribution >= 4 is 75.1 Å². The maximum atomic E-state index is 14.2. The van der Waals surface area contributed by atoms with Crippen molar-refractivity contribution in [3.8, 4) is 0 Å². The van der Waals surface area contributed by atoms with Gasteiger partial charge in [0, 0.05) is 29.1 Å². The number of nitrogens with zero attached hydrogens (tertiary/aromatic N) is 4.